The van der Waals surface area contributed by atoms with Crippen molar-refractivity contribution in [3.05, 3.63) is 28.0 Å². The Morgan fingerprint density at radius 3 is 2.95 bits per heavy atom. The van der Waals surface area contributed by atoms with Crippen LogP contribution in [0, 0.1) is 10.2 Å². The maximum absolute atomic E-state index is 6.32. The topological polar surface area (TPSA) is 29.9 Å². The summed E-state index contributed by atoms with van der Waals surface area (Å²) in [5.41, 5.74) is 2.39. The Morgan fingerprint density at radius 1 is 1.47 bits per heavy atom. The molecule has 1 heterocycles. The number of nitrogens with one attached hydrogen (secondary N) is 1. The standard InChI is InChI=1S/C14H17ClN2OS/c1-18-8-7-14(5-6-14)9-17-12-10(15)3-2-4-11(12)16-13(17)19/h2-4H,5-9H2,1H3,(H,16,19). The van der Waals surface area contributed by atoms with Crippen molar-refractivity contribution < 1.29 is 4.74 Å². The van der Waals surface area contributed by atoms with Crippen molar-refractivity contribution in [2.75, 3.05) is 13.7 Å². The van der Waals surface area contributed by atoms with Gasteiger partial charge in [0.1, 0.15) is 0 Å². The maximum Gasteiger partial charge on any atom is 0.178 e. The molecule has 0 saturated heterocycles. The van der Waals surface area contributed by atoms with Crippen molar-refractivity contribution in [3.8, 4) is 0 Å². The predicted molar refractivity (Wildman–Crippen MR) is 80.3 cm³/mol. The molecule has 0 unspecified atom stereocenters. The van der Waals surface area contributed by atoms with E-state index in [9.17, 15) is 0 Å². The molecule has 1 fully saturated rings. The summed E-state index contributed by atoms with van der Waals surface area (Å²) in [5.74, 6) is 0. The van der Waals surface area contributed by atoms with Crippen molar-refractivity contribution in [1.82, 2.24) is 9.55 Å². The minimum absolute atomic E-state index is 0.350. The van der Waals surface area contributed by atoms with Gasteiger partial charge in [-0.15, -0.1) is 0 Å². The lowest BCUT2D eigenvalue weighted by molar-refractivity contribution is 0.167. The van der Waals surface area contributed by atoms with E-state index >= 15 is 0 Å². The van der Waals surface area contributed by atoms with Gasteiger partial charge in [-0.3, -0.25) is 0 Å². The van der Waals surface area contributed by atoms with Gasteiger partial charge in [-0.25, -0.2) is 0 Å². The highest BCUT2D eigenvalue weighted by molar-refractivity contribution is 7.71. The molecule has 1 aliphatic carbocycles. The van der Waals surface area contributed by atoms with Crippen molar-refractivity contribution in [2.24, 2.45) is 5.41 Å². The van der Waals surface area contributed by atoms with Crippen LogP contribution in [0.2, 0.25) is 5.02 Å². The number of benzene rings is 1. The van der Waals surface area contributed by atoms with Crippen LogP contribution >= 0.6 is 23.8 Å². The van der Waals surface area contributed by atoms with Crippen LogP contribution in [-0.2, 0) is 11.3 Å². The third-order valence-corrected chi connectivity index (χ3v) is 4.66. The Morgan fingerprint density at radius 2 is 2.26 bits per heavy atom. The number of fused-ring (bicyclic) bond motifs is 1. The summed E-state index contributed by atoms with van der Waals surface area (Å²) >= 11 is 11.8. The average molecular weight is 297 g/mol. The fraction of sp³-hybridized carbons (Fsp3) is 0.500. The Balaban J connectivity index is 1.97. The van der Waals surface area contributed by atoms with Gasteiger partial charge in [0.15, 0.2) is 4.77 Å². The second-order valence-electron chi connectivity index (χ2n) is 5.40. The summed E-state index contributed by atoms with van der Waals surface area (Å²) in [5, 5.41) is 0.757. The monoisotopic (exact) mass is 296 g/mol. The van der Waals surface area contributed by atoms with Crippen molar-refractivity contribution in [3.63, 3.8) is 0 Å². The van der Waals surface area contributed by atoms with Crippen LogP contribution in [0.5, 0.6) is 0 Å². The fourth-order valence-electron chi connectivity index (χ4n) is 2.64. The second kappa shape index (κ2) is 4.93. The SMILES string of the molecule is COCCC1(Cn2c(=S)[nH]c3cccc(Cl)c32)CC1. The van der Waals surface area contributed by atoms with E-state index in [1.807, 2.05) is 18.2 Å². The van der Waals surface area contributed by atoms with Gasteiger partial charge in [0, 0.05) is 20.3 Å². The molecular formula is C14H17ClN2OS. The Kier molecular flexibility index (Phi) is 3.41. The smallest absolute Gasteiger partial charge is 0.178 e. The average Bonchev–Trinajstić information content (AvgIpc) is 3.07. The minimum Gasteiger partial charge on any atom is -0.385 e. The Labute approximate surface area is 122 Å². The van der Waals surface area contributed by atoms with Crippen LogP contribution in [0.1, 0.15) is 19.3 Å². The molecule has 0 spiro atoms. The first-order valence-electron chi connectivity index (χ1n) is 6.51. The lowest BCUT2D eigenvalue weighted by atomic mass is 10.0. The number of hydrogen-bond donors (Lipinski definition) is 1. The molecule has 0 aliphatic heterocycles. The lowest BCUT2D eigenvalue weighted by Gasteiger charge is -2.16. The summed E-state index contributed by atoms with van der Waals surface area (Å²) in [6.07, 6.45) is 3.58. The first-order chi connectivity index (χ1) is 9.15. The van der Waals surface area contributed by atoms with Crippen LogP contribution in [0.15, 0.2) is 18.2 Å². The third-order valence-electron chi connectivity index (χ3n) is 4.03. The Bertz CT molecular complexity index is 657. The number of ether oxygens (including phenoxy) is 1. The number of hydrogen-bond acceptors (Lipinski definition) is 2. The number of imidazole rings is 1. The van der Waals surface area contributed by atoms with Gasteiger partial charge in [0.25, 0.3) is 0 Å². The van der Waals surface area contributed by atoms with E-state index in [-0.39, 0.29) is 0 Å². The van der Waals surface area contributed by atoms with Crippen molar-refractivity contribution in [2.45, 2.75) is 25.8 Å². The molecule has 5 heteroatoms. The highest BCUT2D eigenvalue weighted by Crippen LogP contribution is 2.50. The summed E-state index contributed by atoms with van der Waals surface area (Å²) < 4.78 is 8.11. The number of methoxy groups -OCH3 is 1. The third kappa shape index (κ3) is 2.45. The van der Waals surface area contributed by atoms with Gasteiger partial charge in [-0.1, -0.05) is 17.7 Å². The molecule has 0 radical (unpaired) electrons. The Hall–Kier alpha value is -0.840. The van der Waals surface area contributed by atoms with Crippen LogP contribution in [-0.4, -0.2) is 23.3 Å². The zero-order valence-electron chi connectivity index (χ0n) is 10.9. The van der Waals surface area contributed by atoms with Gasteiger partial charge in [0.2, 0.25) is 0 Å². The number of rotatable bonds is 5. The van der Waals surface area contributed by atoms with Gasteiger partial charge < -0.3 is 14.3 Å². The summed E-state index contributed by atoms with van der Waals surface area (Å²) in [6.45, 7) is 1.74. The molecule has 0 atom stereocenters. The van der Waals surface area contributed by atoms with Crippen LogP contribution in [0.4, 0.5) is 0 Å². The van der Waals surface area contributed by atoms with E-state index in [0.29, 0.717) is 5.41 Å². The molecule has 19 heavy (non-hydrogen) atoms. The fourth-order valence-corrected chi connectivity index (χ4v) is 3.19. The van der Waals surface area contributed by atoms with E-state index in [1.165, 1.54) is 12.8 Å². The van der Waals surface area contributed by atoms with E-state index in [2.05, 4.69) is 9.55 Å². The molecular weight excluding hydrogens is 280 g/mol. The molecule has 102 valence electrons. The summed E-state index contributed by atoms with van der Waals surface area (Å²) in [4.78, 5) is 3.24. The predicted octanol–water partition coefficient (Wildman–Crippen LogP) is 4.17. The molecule has 3 nitrogen and oxygen atoms in total. The van der Waals surface area contributed by atoms with Gasteiger partial charge in [-0.2, -0.15) is 0 Å². The quantitative estimate of drug-likeness (QED) is 0.839. The molecule has 1 N–H and O–H groups in total. The first-order valence-corrected chi connectivity index (χ1v) is 7.30. The van der Waals surface area contributed by atoms with Crippen molar-refractivity contribution in [1.29, 1.82) is 0 Å². The van der Waals surface area contributed by atoms with E-state index < -0.39 is 0 Å². The zero-order valence-corrected chi connectivity index (χ0v) is 12.5. The lowest BCUT2D eigenvalue weighted by Crippen LogP contribution is -2.14. The maximum atomic E-state index is 6.32. The number of nitrogens with zero attached hydrogens (tertiary/aromatic N) is 1. The highest BCUT2D eigenvalue weighted by Gasteiger charge is 2.42. The van der Waals surface area contributed by atoms with E-state index in [4.69, 9.17) is 28.6 Å². The van der Waals surface area contributed by atoms with Gasteiger partial charge in [0.05, 0.1) is 16.1 Å². The van der Waals surface area contributed by atoms with Gasteiger partial charge in [-0.05, 0) is 49.0 Å². The van der Waals surface area contributed by atoms with Crippen molar-refractivity contribution >= 4 is 34.9 Å². The molecule has 2 aromatic rings. The molecule has 1 saturated carbocycles. The number of para-hydroxylation sites is 1. The van der Waals surface area contributed by atoms with Crippen LogP contribution in [0.25, 0.3) is 11.0 Å². The molecule has 0 bridgehead atoms. The molecule has 1 aromatic heterocycles. The first kappa shape index (κ1) is 13.2. The molecule has 0 amide bonds. The van der Waals surface area contributed by atoms with Crippen LogP contribution < -0.4 is 0 Å². The highest BCUT2D eigenvalue weighted by atomic mass is 35.5. The summed E-state index contributed by atoms with van der Waals surface area (Å²) in [7, 11) is 1.75. The van der Waals surface area contributed by atoms with Gasteiger partial charge >= 0.3 is 0 Å². The normalized spacial score (nSPS) is 16.9. The number of aromatic amines is 1. The van der Waals surface area contributed by atoms with E-state index in [0.717, 1.165) is 40.4 Å². The molecule has 3 rings (SSSR count). The largest absolute Gasteiger partial charge is 0.385 e. The van der Waals surface area contributed by atoms with E-state index in [1.54, 1.807) is 7.11 Å². The van der Waals surface area contributed by atoms with Crippen LogP contribution in [0.3, 0.4) is 0 Å². The number of halogens is 1. The number of aromatic nitrogens is 2. The number of H-pyrrole nitrogens is 1. The minimum atomic E-state index is 0.350. The second-order valence-corrected chi connectivity index (χ2v) is 6.19. The molecule has 1 aliphatic rings. The zero-order chi connectivity index (χ0) is 13.5. The summed E-state index contributed by atoms with van der Waals surface area (Å²) in [6, 6.07) is 5.87. The molecule has 1 aromatic carbocycles.